The number of aromatic nitrogens is 2. The number of nitrogens with zero attached hydrogens (tertiary/aromatic N) is 3. The zero-order valence-electron chi connectivity index (χ0n) is 12.7. The maximum absolute atomic E-state index is 12.1. The zero-order valence-corrected chi connectivity index (χ0v) is 12.7. The lowest BCUT2D eigenvalue weighted by Crippen LogP contribution is -2.45. The molecule has 21 heavy (non-hydrogen) atoms. The fourth-order valence-electron chi connectivity index (χ4n) is 2.48. The maximum Gasteiger partial charge on any atom is 0.326 e. The molecule has 5 heteroatoms. The number of rotatable bonds is 1. The predicted molar refractivity (Wildman–Crippen MR) is 83.5 cm³/mol. The van der Waals surface area contributed by atoms with Crippen LogP contribution in [0.1, 0.15) is 32.8 Å². The van der Waals surface area contributed by atoms with E-state index in [0.29, 0.717) is 6.54 Å². The number of hydrogen-bond donors (Lipinski definition) is 1. The molecule has 0 saturated carbocycles. The van der Waals surface area contributed by atoms with Crippen LogP contribution in [-0.4, -0.2) is 22.2 Å². The number of urea groups is 1. The number of fused-ring (bicyclic) bond motifs is 1. The van der Waals surface area contributed by atoms with Crippen molar-refractivity contribution in [2.45, 2.75) is 32.6 Å². The van der Waals surface area contributed by atoms with Crippen molar-refractivity contribution in [3.8, 4) is 0 Å². The standard InChI is InChI=1S/C16H20N4O/c1-11-7-8-19(15(21)18-11)14-9-17-20-10-12(16(2,3)4)5-6-13(14)20/h5-6,9-10H,1,7-8H2,2-4H3,(H,18,21). The number of anilines is 1. The van der Waals surface area contributed by atoms with Gasteiger partial charge in [-0.2, -0.15) is 5.10 Å². The fraction of sp³-hybridized carbons (Fsp3) is 0.375. The van der Waals surface area contributed by atoms with Crippen LogP contribution in [0.25, 0.3) is 5.52 Å². The summed E-state index contributed by atoms with van der Waals surface area (Å²) in [4.78, 5) is 13.8. The number of carbonyl (C=O) groups excluding carboxylic acids is 1. The van der Waals surface area contributed by atoms with E-state index in [2.05, 4.69) is 43.8 Å². The van der Waals surface area contributed by atoms with E-state index in [1.165, 1.54) is 5.56 Å². The van der Waals surface area contributed by atoms with Gasteiger partial charge >= 0.3 is 6.03 Å². The smallest absolute Gasteiger partial charge is 0.312 e. The van der Waals surface area contributed by atoms with Gasteiger partial charge in [0.2, 0.25) is 0 Å². The van der Waals surface area contributed by atoms with E-state index in [1.54, 1.807) is 11.1 Å². The fourth-order valence-corrected chi connectivity index (χ4v) is 2.48. The Bertz CT molecular complexity index is 723. The molecule has 2 aromatic heterocycles. The molecule has 0 aromatic carbocycles. The predicted octanol–water partition coefficient (Wildman–Crippen LogP) is 3.07. The summed E-state index contributed by atoms with van der Waals surface area (Å²) in [6.07, 6.45) is 4.53. The van der Waals surface area contributed by atoms with Crippen LogP contribution in [0.15, 0.2) is 36.8 Å². The molecular formula is C16H20N4O. The van der Waals surface area contributed by atoms with Crippen molar-refractivity contribution in [3.05, 3.63) is 42.4 Å². The van der Waals surface area contributed by atoms with Crippen molar-refractivity contribution in [1.82, 2.24) is 14.9 Å². The molecule has 0 spiro atoms. The summed E-state index contributed by atoms with van der Waals surface area (Å²) < 4.78 is 1.84. The monoisotopic (exact) mass is 284 g/mol. The van der Waals surface area contributed by atoms with E-state index >= 15 is 0 Å². The number of amides is 2. The minimum Gasteiger partial charge on any atom is -0.312 e. The van der Waals surface area contributed by atoms with E-state index in [-0.39, 0.29) is 11.4 Å². The highest BCUT2D eigenvalue weighted by molar-refractivity contribution is 5.97. The van der Waals surface area contributed by atoms with Gasteiger partial charge in [0.15, 0.2) is 0 Å². The molecule has 0 atom stereocenters. The molecule has 1 aliphatic heterocycles. The molecule has 3 rings (SSSR count). The molecule has 0 radical (unpaired) electrons. The van der Waals surface area contributed by atoms with Gasteiger partial charge in [0.25, 0.3) is 0 Å². The average Bonchev–Trinajstić information content (AvgIpc) is 2.80. The second-order valence-corrected chi connectivity index (χ2v) is 6.46. The first-order valence-electron chi connectivity index (χ1n) is 7.10. The van der Waals surface area contributed by atoms with Gasteiger partial charge in [-0.15, -0.1) is 0 Å². The van der Waals surface area contributed by atoms with E-state index in [9.17, 15) is 4.79 Å². The largest absolute Gasteiger partial charge is 0.326 e. The van der Waals surface area contributed by atoms with Crippen molar-refractivity contribution in [3.63, 3.8) is 0 Å². The molecule has 2 amide bonds. The second kappa shape index (κ2) is 4.62. The summed E-state index contributed by atoms with van der Waals surface area (Å²) in [5.74, 6) is 0. The summed E-state index contributed by atoms with van der Waals surface area (Å²) in [5.41, 5.74) is 3.82. The van der Waals surface area contributed by atoms with Crippen molar-refractivity contribution < 1.29 is 4.79 Å². The molecule has 2 aromatic rings. The van der Waals surface area contributed by atoms with E-state index in [1.807, 2.05) is 16.8 Å². The molecule has 0 aliphatic carbocycles. The summed E-state index contributed by atoms with van der Waals surface area (Å²) >= 11 is 0. The zero-order chi connectivity index (χ0) is 15.2. The van der Waals surface area contributed by atoms with E-state index < -0.39 is 0 Å². The minimum absolute atomic E-state index is 0.0700. The number of nitrogens with one attached hydrogen (secondary N) is 1. The van der Waals surface area contributed by atoms with Crippen LogP contribution in [0.4, 0.5) is 10.5 Å². The third kappa shape index (κ3) is 2.39. The van der Waals surface area contributed by atoms with E-state index in [0.717, 1.165) is 23.3 Å². The third-order valence-electron chi connectivity index (χ3n) is 3.82. The molecular weight excluding hydrogens is 264 g/mol. The molecule has 110 valence electrons. The highest BCUT2D eigenvalue weighted by atomic mass is 16.2. The Labute approximate surface area is 124 Å². The Kier molecular flexibility index (Phi) is 3.01. The third-order valence-corrected chi connectivity index (χ3v) is 3.82. The summed E-state index contributed by atoms with van der Waals surface area (Å²) in [7, 11) is 0. The lowest BCUT2D eigenvalue weighted by Gasteiger charge is -2.27. The second-order valence-electron chi connectivity index (χ2n) is 6.46. The Hall–Kier alpha value is -2.30. The van der Waals surface area contributed by atoms with Crippen LogP contribution >= 0.6 is 0 Å². The van der Waals surface area contributed by atoms with Crippen LogP contribution in [-0.2, 0) is 5.41 Å². The Morgan fingerprint density at radius 1 is 1.33 bits per heavy atom. The maximum atomic E-state index is 12.1. The lowest BCUT2D eigenvalue weighted by molar-refractivity contribution is 0.246. The SMILES string of the molecule is C=C1CCN(c2cnn3cc(C(C)(C)C)ccc23)C(=O)N1. The van der Waals surface area contributed by atoms with Gasteiger partial charge in [-0.25, -0.2) is 9.31 Å². The summed E-state index contributed by atoms with van der Waals surface area (Å²) in [6, 6.07) is 3.99. The quantitative estimate of drug-likeness (QED) is 0.875. The average molecular weight is 284 g/mol. The van der Waals surface area contributed by atoms with Gasteiger partial charge < -0.3 is 5.32 Å². The van der Waals surface area contributed by atoms with Gasteiger partial charge in [-0.05, 0) is 17.0 Å². The van der Waals surface area contributed by atoms with Crippen LogP contribution in [0.3, 0.4) is 0 Å². The number of pyridine rings is 1. The van der Waals surface area contributed by atoms with Crippen LogP contribution in [0.2, 0.25) is 0 Å². The summed E-state index contributed by atoms with van der Waals surface area (Å²) in [6.45, 7) is 10.9. The van der Waals surface area contributed by atoms with Crippen molar-refractivity contribution in [2.24, 2.45) is 0 Å². The molecule has 1 N–H and O–H groups in total. The van der Waals surface area contributed by atoms with Gasteiger partial charge in [-0.1, -0.05) is 33.4 Å². The lowest BCUT2D eigenvalue weighted by atomic mass is 9.88. The van der Waals surface area contributed by atoms with Crippen LogP contribution < -0.4 is 10.2 Å². The molecule has 1 aliphatic rings. The van der Waals surface area contributed by atoms with Gasteiger partial charge in [-0.3, -0.25) is 4.90 Å². The van der Waals surface area contributed by atoms with Gasteiger partial charge in [0.05, 0.1) is 17.4 Å². The molecule has 3 heterocycles. The van der Waals surface area contributed by atoms with Crippen LogP contribution in [0.5, 0.6) is 0 Å². The van der Waals surface area contributed by atoms with Gasteiger partial charge in [0.1, 0.15) is 0 Å². The number of hydrogen-bond acceptors (Lipinski definition) is 2. The highest BCUT2D eigenvalue weighted by Gasteiger charge is 2.24. The Balaban J connectivity index is 2.01. The first-order chi connectivity index (χ1) is 9.86. The van der Waals surface area contributed by atoms with Crippen molar-refractivity contribution >= 4 is 17.2 Å². The molecule has 0 bridgehead atoms. The molecule has 5 nitrogen and oxygen atoms in total. The first kappa shape index (κ1) is 13.7. The first-order valence-corrected chi connectivity index (χ1v) is 7.10. The van der Waals surface area contributed by atoms with Gasteiger partial charge in [0, 0.05) is 24.9 Å². The highest BCUT2D eigenvalue weighted by Crippen LogP contribution is 2.27. The molecule has 1 saturated heterocycles. The molecule has 0 unspecified atom stereocenters. The summed E-state index contributed by atoms with van der Waals surface area (Å²) in [5, 5.41) is 7.17. The Morgan fingerprint density at radius 3 is 2.76 bits per heavy atom. The number of carbonyl (C=O) groups is 1. The van der Waals surface area contributed by atoms with Crippen LogP contribution in [0, 0.1) is 0 Å². The minimum atomic E-state index is -0.138. The van der Waals surface area contributed by atoms with Crippen molar-refractivity contribution in [2.75, 3.05) is 11.4 Å². The molecule has 1 fully saturated rings. The topological polar surface area (TPSA) is 49.6 Å². The van der Waals surface area contributed by atoms with Crippen molar-refractivity contribution in [1.29, 1.82) is 0 Å². The van der Waals surface area contributed by atoms with E-state index in [4.69, 9.17) is 0 Å². The normalized spacial score (nSPS) is 16.4. The Morgan fingerprint density at radius 2 is 2.10 bits per heavy atom.